The first-order valence-electron chi connectivity index (χ1n) is 21.2. The number of hydrogen-bond acceptors (Lipinski definition) is 16. The summed E-state index contributed by atoms with van der Waals surface area (Å²) in [5.41, 5.74) is -1.65. The number of phenols is 6. The number of phenolic OH excluding ortho intramolecular Hbond substituents is 6. The second-order valence-electron chi connectivity index (χ2n) is 15.9. The van der Waals surface area contributed by atoms with Crippen LogP contribution in [0.5, 0.6) is 34.5 Å². The topological polar surface area (TPSA) is 407 Å². The van der Waals surface area contributed by atoms with Gasteiger partial charge in [-0.05, 0) is 72.4 Å². The van der Waals surface area contributed by atoms with Gasteiger partial charge in [0, 0.05) is 87.3 Å². The Morgan fingerprint density at radius 1 is 0.412 bits per heavy atom. The zero-order valence-corrected chi connectivity index (χ0v) is 36.9. The second-order valence-corrected chi connectivity index (χ2v) is 15.9. The number of rotatable bonds is 29. The summed E-state index contributed by atoms with van der Waals surface area (Å²) < 4.78 is 0. The largest absolute Gasteiger partial charge is 0.504 e. The Bertz CT molecular complexity index is 2030. The second kappa shape index (κ2) is 27.5. The van der Waals surface area contributed by atoms with Crippen molar-refractivity contribution in [3.05, 3.63) is 91.5 Å². The van der Waals surface area contributed by atoms with Crippen molar-refractivity contribution in [2.75, 3.05) is 19.6 Å². The van der Waals surface area contributed by atoms with E-state index >= 15 is 0 Å². The normalized spacial score (nSPS) is 11.1. The van der Waals surface area contributed by atoms with Gasteiger partial charge < -0.3 is 61.9 Å². The van der Waals surface area contributed by atoms with E-state index < -0.39 is 95.1 Å². The average Bonchev–Trinajstić information content (AvgIpc) is 3.27. The van der Waals surface area contributed by atoms with Crippen LogP contribution in [0.4, 0.5) is 0 Å². The van der Waals surface area contributed by atoms with E-state index in [1.54, 1.807) is 18.2 Å². The fourth-order valence-electron chi connectivity index (χ4n) is 6.83. The zero-order chi connectivity index (χ0) is 51.0. The molecule has 0 aliphatic rings. The van der Waals surface area contributed by atoms with Gasteiger partial charge in [0.15, 0.2) is 34.5 Å². The first kappa shape index (κ1) is 56.2. The molecule has 24 nitrogen and oxygen atoms in total. The SMILES string of the molecule is O=C(CCC(CCC(=O)NCCc1ccc(O)c(O)c1)(CCC(=O)NCCc1ccc(O)c(O)c1)[N+](=O)[O-])NCCc1ccc(O)c(O)c1.O=C(O)CCC(CCC(=O)O)(CCC(=O)O)[N+](=O)[O-]. The van der Waals surface area contributed by atoms with Crippen LogP contribution in [0.15, 0.2) is 54.6 Å². The van der Waals surface area contributed by atoms with Crippen molar-refractivity contribution in [2.24, 2.45) is 0 Å². The van der Waals surface area contributed by atoms with Crippen LogP contribution in [0.25, 0.3) is 0 Å². The van der Waals surface area contributed by atoms with Gasteiger partial charge in [0.25, 0.3) is 0 Å². The highest BCUT2D eigenvalue weighted by atomic mass is 16.6. The van der Waals surface area contributed by atoms with Gasteiger partial charge in [-0.1, -0.05) is 18.2 Å². The lowest BCUT2D eigenvalue weighted by molar-refractivity contribution is -0.573. The van der Waals surface area contributed by atoms with Crippen molar-refractivity contribution >= 4 is 35.6 Å². The van der Waals surface area contributed by atoms with Crippen molar-refractivity contribution in [3.63, 3.8) is 0 Å². The lowest BCUT2D eigenvalue weighted by atomic mass is 9.84. The number of aliphatic carboxylic acids is 3. The molecule has 0 unspecified atom stereocenters. The predicted octanol–water partition coefficient (Wildman–Crippen LogP) is 3.25. The molecule has 0 aliphatic heterocycles. The van der Waals surface area contributed by atoms with Crippen molar-refractivity contribution in [2.45, 2.75) is 107 Å². The average molecular weight is 960 g/mol. The molecule has 3 aromatic rings. The molecule has 0 aliphatic carbocycles. The molecular formula is C44H57N5O19. The Morgan fingerprint density at radius 3 is 0.853 bits per heavy atom. The number of carbonyl (C=O) groups is 6. The van der Waals surface area contributed by atoms with E-state index in [0.717, 1.165) is 0 Å². The van der Waals surface area contributed by atoms with Crippen LogP contribution in [0.2, 0.25) is 0 Å². The van der Waals surface area contributed by atoms with E-state index in [2.05, 4.69) is 16.0 Å². The summed E-state index contributed by atoms with van der Waals surface area (Å²) in [7, 11) is 0. The fraction of sp³-hybridized carbons (Fsp3) is 0.455. The Hall–Kier alpha value is -7.92. The summed E-state index contributed by atoms with van der Waals surface area (Å²) in [6.07, 6.45) is -3.22. The first-order chi connectivity index (χ1) is 32.0. The van der Waals surface area contributed by atoms with Crippen LogP contribution in [0.1, 0.15) is 93.7 Å². The third kappa shape index (κ3) is 20.1. The minimum Gasteiger partial charge on any atom is -0.504 e. The number of nitrogens with one attached hydrogen (secondary N) is 3. The standard InChI is InChI=1S/C34H42N4O11.C10H15NO8/c39-25-4-1-22(19-28(25)42)10-16-35-31(45)7-13-34(38(48)49,14-8-32(46)36-17-11-23-2-5-26(40)29(43)20-23)15-9-33(47)37-18-12-24-3-6-27(41)30(44)21-24;12-7(13)1-4-10(11(18)19,5-2-8(14)15)6-3-9(16)17/h1-6,19-21,39-44H,7-18H2,(H,35,45)(H,36,46)(H,37,47);1-6H2,(H,12,13)(H,14,15)(H,16,17). The minimum atomic E-state index is -1.82. The minimum absolute atomic E-state index is 0.164. The Labute approximate surface area is 388 Å². The van der Waals surface area contributed by atoms with Gasteiger partial charge in [0.1, 0.15) is 0 Å². The van der Waals surface area contributed by atoms with Crippen molar-refractivity contribution < 1.29 is 84.6 Å². The van der Waals surface area contributed by atoms with Crippen LogP contribution in [-0.2, 0) is 48.0 Å². The molecule has 12 N–H and O–H groups in total. The van der Waals surface area contributed by atoms with E-state index in [0.29, 0.717) is 36.0 Å². The lowest BCUT2D eigenvalue weighted by Gasteiger charge is -2.25. The summed E-state index contributed by atoms with van der Waals surface area (Å²) in [6, 6.07) is 12.8. The summed E-state index contributed by atoms with van der Waals surface area (Å²) in [5.74, 6) is -6.91. The molecule has 0 heterocycles. The van der Waals surface area contributed by atoms with E-state index in [-0.39, 0.29) is 92.7 Å². The van der Waals surface area contributed by atoms with Crippen LogP contribution >= 0.6 is 0 Å². The molecule has 0 spiro atoms. The zero-order valence-electron chi connectivity index (χ0n) is 36.9. The molecule has 3 amide bonds. The molecule has 0 atom stereocenters. The predicted molar refractivity (Wildman–Crippen MR) is 237 cm³/mol. The molecule has 0 aromatic heterocycles. The molecule has 0 bridgehead atoms. The van der Waals surface area contributed by atoms with E-state index in [9.17, 15) is 79.6 Å². The Kier molecular flexibility index (Phi) is 22.8. The molecule has 0 saturated carbocycles. The van der Waals surface area contributed by atoms with Gasteiger partial charge in [0.05, 0.1) is 19.3 Å². The van der Waals surface area contributed by atoms with Gasteiger partial charge in [-0.3, -0.25) is 49.0 Å². The fourth-order valence-corrected chi connectivity index (χ4v) is 6.83. The summed E-state index contributed by atoms with van der Waals surface area (Å²) in [6.45, 7) is 0.491. The maximum absolute atomic E-state index is 12.7. The number of carbonyl (C=O) groups excluding carboxylic acids is 3. The summed E-state index contributed by atoms with van der Waals surface area (Å²) in [4.78, 5) is 91.8. The molecule has 68 heavy (non-hydrogen) atoms. The Balaban J connectivity index is 0.000000702. The number of benzene rings is 3. The van der Waals surface area contributed by atoms with Crippen LogP contribution in [-0.4, -0.2) is 122 Å². The monoisotopic (exact) mass is 959 g/mol. The molecule has 24 heteroatoms. The van der Waals surface area contributed by atoms with Gasteiger partial charge in [-0.2, -0.15) is 0 Å². The van der Waals surface area contributed by atoms with Gasteiger partial charge in [0.2, 0.25) is 28.8 Å². The molecule has 0 fully saturated rings. The number of carboxylic acid groups (broad SMARTS) is 3. The Morgan fingerprint density at radius 2 is 0.647 bits per heavy atom. The highest BCUT2D eigenvalue weighted by Crippen LogP contribution is 2.32. The summed E-state index contributed by atoms with van der Waals surface area (Å²) in [5, 5.41) is 115. The maximum Gasteiger partial charge on any atom is 0.303 e. The van der Waals surface area contributed by atoms with Crippen LogP contribution < -0.4 is 16.0 Å². The van der Waals surface area contributed by atoms with Crippen LogP contribution in [0, 0.1) is 20.2 Å². The first-order valence-corrected chi connectivity index (χ1v) is 21.2. The van der Waals surface area contributed by atoms with E-state index in [1.807, 2.05) is 0 Å². The van der Waals surface area contributed by atoms with Crippen molar-refractivity contribution in [1.29, 1.82) is 0 Å². The maximum atomic E-state index is 12.7. The smallest absolute Gasteiger partial charge is 0.303 e. The molecule has 0 saturated heterocycles. The van der Waals surface area contributed by atoms with E-state index in [4.69, 9.17) is 15.3 Å². The third-order valence-electron chi connectivity index (χ3n) is 11.0. The lowest BCUT2D eigenvalue weighted by Crippen LogP contribution is -2.42. The number of nitro groups is 2. The van der Waals surface area contributed by atoms with Gasteiger partial charge >= 0.3 is 17.9 Å². The molecular weight excluding hydrogens is 902 g/mol. The van der Waals surface area contributed by atoms with Gasteiger partial charge in [-0.25, -0.2) is 0 Å². The van der Waals surface area contributed by atoms with Gasteiger partial charge in [-0.15, -0.1) is 0 Å². The molecule has 3 aromatic carbocycles. The molecule has 3 rings (SSSR count). The highest BCUT2D eigenvalue weighted by Gasteiger charge is 2.44. The van der Waals surface area contributed by atoms with Crippen molar-refractivity contribution in [1.82, 2.24) is 16.0 Å². The quantitative estimate of drug-likeness (QED) is 0.0270. The number of aromatic hydroxyl groups is 6. The molecule has 372 valence electrons. The van der Waals surface area contributed by atoms with E-state index in [1.165, 1.54) is 36.4 Å². The molecule has 0 radical (unpaired) electrons. The third-order valence-corrected chi connectivity index (χ3v) is 11.0. The number of amides is 3. The van der Waals surface area contributed by atoms with Crippen LogP contribution in [0.3, 0.4) is 0 Å². The number of carboxylic acids is 3. The number of hydrogen-bond donors (Lipinski definition) is 12. The summed E-state index contributed by atoms with van der Waals surface area (Å²) >= 11 is 0. The number of nitrogens with zero attached hydrogens (tertiary/aromatic N) is 2. The highest BCUT2D eigenvalue weighted by molar-refractivity contribution is 5.77. The van der Waals surface area contributed by atoms with Crippen molar-refractivity contribution in [3.8, 4) is 34.5 Å².